The first-order valence-electron chi connectivity index (χ1n) is 29.8. The molecule has 74 heavy (non-hydrogen) atoms. The van der Waals surface area contributed by atoms with Crippen molar-refractivity contribution < 1.29 is 28.6 Å². The van der Waals surface area contributed by atoms with Gasteiger partial charge in [0, 0.05) is 19.3 Å². The van der Waals surface area contributed by atoms with E-state index in [9.17, 15) is 14.4 Å². The molecule has 0 amide bonds. The van der Waals surface area contributed by atoms with Crippen LogP contribution in [-0.4, -0.2) is 37.2 Å². The molecule has 1 atom stereocenters. The van der Waals surface area contributed by atoms with E-state index in [4.69, 9.17) is 14.2 Å². The summed E-state index contributed by atoms with van der Waals surface area (Å²) in [6.07, 6.45) is 87.0. The van der Waals surface area contributed by atoms with E-state index in [2.05, 4.69) is 154 Å². The van der Waals surface area contributed by atoms with Gasteiger partial charge < -0.3 is 14.2 Å². The molecule has 1 unspecified atom stereocenters. The van der Waals surface area contributed by atoms with Crippen molar-refractivity contribution in [3.63, 3.8) is 0 Å². The van der Waals surface area contributed by atoms with Crippen molar-refractivity contribution in [2.45, 2.75) is 252 Å². The number of unbranched alkanes of at least 4 members (excludes halogenated alkanes) is 17. The zero-order valence-electron chi connectivity index (χ0n) is 47.5. The largest absolute Gasteiger partial charge is 0.462 e. The Hall–Kier alpha value is -4.71. The second-order valence-corrected chi connectivity index (χ2v) is 19.1. The van der Waals surface area contributed by atoms with E-state index in [-0.39, 0.29) is 31.6 Å². The minimum Gasteiger partial charge on any atom is -0.462 e. The highest BCUT2D eigenvalue weighted by atomic mass is 16.6. The Bertz CT molecular complexity index is 1640. The summed E-state index contributed by atoms with van der Waals surface area (Å²) < 4.78 is 16.8. The molecule has 0 N–H and O–H groups in total. The van der Waals surface area contributed by atoms with Crippen LogP contribution in [0.25, 0.3) is 0 Å². The van der Waals surface area contributed by atoms with Crippen LogP contribution < -0.4 is 0 Å². The van der Waals surface area contributed by atoms with Crippen molar-refractivity contribution in [3.05, 3.63) is 146 Å². The zero-order chi connectivity index (χ0) is 53.6. The lowest BCUT2D eigenvalue weighted by molar-refractivity contribution is -0.166. The molecule has 0 heterocycles. The first-order valence-corrected chi connectivity index (χ1v) is 29.8. The highest BCUT2D eigenvalue weighted by Crippen LogP contribution is 2.13. The van der Waals surface area contributed by atoms with E-state index in [1.165, 1.54) is 57.8 Å². The van der Waals surface area contributed by atoms with E-state index in [0.717, 1.165) is 141 Å². The summed E-state index contributed by atoms with van der Waals surface area (Å²) in [6.45, 7) is 6.32. The number of ether oxygens (including phenoxy) is 3. The molecule has 0 fully saturated rings. The number of allylic oxidation sites excluding steroid dienone is 24. The van der Waals surface area contributed by atoms with Crippen molar-refractivity contribution in [2.75, 3.05) is 13.2 Å². The van der Waals surface area contributed by atoms with E-state index >= 15 is 0 Å². The van der Waals surface area contributed by atoms with Gasteiger partial charge in [-0.15, -0.1) is 0 Å². The third-order valence-electron chi connectivity index (χ3n) is 12.1. The quantitative estimate of drug-likeness (QED) is 0.0261. The van der Waals surface area contributed by atoms with Gasteiger partial charge in [-0.25, -0.2) is 0 Å². The van der Waals surface area contributed by atoms with Crippen LogP contribution in [0.1, 0.15) is 245 Å². The fraction of sp³-hybridized carbons (Fsp3) is 0.603. The fourth-order valence-corrected chi connectivity index (χ4v) is 7.67. The van der Waals surface area contributed by atoms with Crippen LogP contribution in [0.15, 0.2) is 146 Å². The standard InChI is InChI=1S/C68H108O6/c1-4-7-10-13-16-19-22-25-28-31-33-34-36-37-40-43-46-49-52-55-58-61-67(70)73-64-65(63-72-66(69)60-57-54-51-48-45-42-39-30-27-24-21-18-15-12-9-6-3)74-68(71)62-59-56-53-50-47-44-41-38-35-32-29-26-23-20-17-14-11-8-5-2/h7-8,10-11,16-17,19-20,25-26,28-30,33-35,37-40,44,47,53,56,65H,4-6,9,12-15,18,21-24,27,31-32,36,41-43,45-46,48-52,54-55,57-64H2,1-3H3/b10-7-,11-8-,19-16-,20-17-,28-25-,29-26-,34-33-,38-35-,39-30-,40-37-,47-44-,56-53-. The maximum Gasteiger partial charge on any atom is 0.306 e. The summed E-state index contributed by atoms with van der Waals surface area (Å²) in [5.74, 6) is -1.04. The van der Waals surface area contributed by atoms with E-state index in [0.29, 0.717) is 19.3 Å². The van der Waals surface area contributed by atoms with Gasteiger partial charge in [0.1, 0.15) is 13.2 Å². The molecular formula is C68H108O6. The van der Waals surface area contributed by atoms with E-state index in [1.807, 2.05) is 12.2 Å². The number of carbonyl (C=O) groups excluding carboxylic acids is 3. The Morgan fingerprint density at radius 2 is 0.554 bits per heavy atom. The normalized spacial score (nSPS) is 13.2. The third-order valence-corrected chi connectivity index (χ3v) is 12.1. The maximum absolute atomic E-state index is 12.9. The molecule has 0 aliphatic carbocycles. The van der Waals surface area contributed by atoms with Crippen LogP contribution >= 0.6 is 0 Å². The Kier molecular flexibility index (Phi) is 57.0. The molecule has 416 valence electrons. The number of hydrogen-bond acceptors (Lipinski definition) is 6. The molecule has 0 saturated carbocycles. The van der Waals surface area contributed by atoms with Crippen molar-refractivity contribution in [1.29, 1.82) is 0 Å². The lowest BCUT2D eigenvalue weighted by Gasteiger charge is -2.18. The lowest BCUT2D eigenvalue weighted by atomic mass is 10.1. The number of carbonyl (C=O) groups is 3. The molecule has 0 rings (SSSR count). The predicted molar refractivity (Wildman–Crippen MR) is 320 cm³/mol. The topological polar surface area (TPSA) is 78.9 Å². The predicted octanol–water partition coefficient (Wildman–Crippen LogP) is 20.4. The molecule has 6 nitrogen and oxygen atoms in total. The Balaban J connectivity index is 4.57. The monoisotopic (exact) mass is 1020 g/mol. The molecule has 0 aromatic heterocycles. The van der Waals surface area contributed by atoms with E-state index < -0.39 is 12.1 Å². The number of rotatable bonds is 52. The summed E-state index contributed by atoms with van der Waals surface area (Å²) in [7, 11) is 0. The molecule has 6 heteroatoms. The van der Waals surface area contributed by atoms with Crippen LogP contribution in [0.4, 0.5) is 0 Å². The molecule has 0 aromatic rings. The van der Waals surface area contributed by atoms with Gasteiger partial charge in [0.15, 0.2) is 6.10 Å². The molecule has 0 saturated heterocycles. The first kappa shape index (κ1) is 69.3. The minimum atomic E-state index is -0.838. The van der Waals surface area contributed by atoms with Gasteiger partial charge in [0.05, 0.1) is 0 Å². The lowest BCUT2D eigenvalue weighted by Crippen LogP contribution is -2.30. The summed E-state index contributed by atoms with van der Waals surface area (Å²) in [5.41, 5.74) is 0. The molecular weight excluding hydrogens is 913 g/mol. The highest BCUT2D eigenvalue weighted by Gasteiger charge is 2.19. The van der Waals surface area contributed by atoms with Crippen molar-refractivity contribution in [3.8, 4) is 0 Å². The Labute approximate surface area is 455 Å². The second-order valence-electron chi connectivity index (χ2n) is 19.1. The van der Waals surface area contributed by atoms with Crippen LogP contribution in [0.5, 0.6) is 0 Å². The van der Waals surface area contributed by atoms with Gasteiger partial charge in [0.2, 0.25) is 0 Å². The molecule has 0 aliphatic rings. The van der Waals surface area contributed by atoms with Crippen LogP contribution in [0, 0.1) is 0 Å². The van der Waals surface area contributed by atoms with Gasteiger partial charge >= 0.3 is 17.9 Å². The molecule has 0 aliphatic heterocycles. The Morgan fingerprint density at radius 1 is 0.284 bits per heavy atom. The zero-order valence-corrected chi connectivity index (χ0v) is 47.5. The van der Waals surface area contributed by atoms with Crippen LogP contribution in [0.2, 0.25) is 0 Å². The average molecular weight is 1020 g/mol. The van der Waals surface area contributed by atoms with Gasteiger partial charge in [-0.05, 0) is 128 Å². The molecule has 0 radical (unpaired) electrons. The minimum absolute atomic E-state index is 0.124. The van der Waals surface area contributed by atoms with Crippen LogP contribution in [-0.2, 0) is 28.6 Å². The number of esters is 3. The maximum atomic E-state index is 12.9. The van der Waals surface area contributed by atoms with Crippen molar-refractivity contribution in [2.24, 2.45) is 0 Å². The van der Waals surface area contributed by atoms with E-state index in [1.54, 1.807) is 0 Å². The fourth-order valence-electron chi connectivity index (χ4n) is 7.67. The number of hydrogen-bond donors (Lipinski definition) is 0. The van der Waals surface area contributed by atoms with Crippen molar-refractivity contribution >= 4 is 17.9 Å². The SMILES string of the molecule is CC/C=C\C/C=C\C/C=C\C/C=C\C/C=C\C/C=C\CCC(=O)OC(COC(=O)CCCCCCC/C=C\C/C=C\C/C=C\C/C=C\C/C=C\CC)COC(=O)CCCCCCC/C=C\CCCCCCCCC. The van der Waals surface area contributed by atoms with Crippen molar-refractivity contribution in [1.82, 2.24) is 0 Å². The molecule has 0 spiro atoms. The summed E-state index contributed by atoms with van der Waals surface area (Å²) in [5, 5.41) is 0. The second kappa shape index (κ2) is 60.8. The smallest absolute Gasteiger partial charge is 0.306 e. The Morgan fingerprint density at radius 3 is 0.892 bits per heavy atom. The van der Waals surface area contributed by atoms with Gasteiger partial charge in [-0.2, -0.15) is 0 Å². The first-order chi connectivity index (χ1) is 36.5. The summed E-state index contributed by atoms with van der Waals surface area (Å²) >= 11 is 0. The van der Waals surface area contributed by atoms with Gasteiger partial charge in [-0.3, -0.25) is 14.4 Å². The van der Waals surface area contributed by atoms with Gasteiger partial charge in [0.25, 0.3) is 0 Å². The third kappa shape index (κ3) is 58.2. The molecule has 0 aromatic carbocycles. The highest BCUT2D eigenvalue weighted by molar-refractivity contribution is 5.71. The summed E-state index contributed by atoms with van der Waals surface area (Å²) in [6, 6.07) is 0. The summed E-state index contributed by atoms with van der Waals surface area (Å²) in [4.78, 5) is 38.2. The molecule has 0 bridgehead atoms. The average Bonchev–Trinajstić information content (AvgIpc) is 3.40. The van der Waals surface area contributed by atoms with Gasteiger partial charge in [-0.1, -0.05) is 244 Å². The van der Waals surface area contributed by atoms with Crippen LogP contribution in [0.3, 0.4) is 0 Å².